The second kappa shape index (κ2) is 4.99. The van der Waals surface area contributed by atoms with Gasteiger partial charge < -0.3 is 5.11 Å². The quantitative estimate of drug-likeness (QED) is 0.802. The summed E-state index contributed by atoms with van der Waals surface area (Å²) in [5.41, 5.74) is -1.86. The predicted octanol–water partition coefficient (Wildman–Crippen LogP) is 0.527. The van der Waals surface area contributed by atoms with Crippen LogP contribution in [0, 0.1) is 11.8 Å². The molecule has 0 aliphatic heterocycles. The zero-order valence-corrected chi connectivity index (χ0v) is 10.1. The van der Waals surface area contributed by atoms with E-state index in [4.69, 9.17) is 5.11 Å². The molecule has 17 heavy (non-hydrogen) atoms. The molecule has 6 heteroatoms. The summed E-state index contributed by atoms with van der Waals surface area (Å²) in [7, 11) is 0. The molecular formula is C11H16N2O4. The summed E-state index contributed by atoms with van der Waals surface area (Å²) >= 11 is 0. The maximum Gasteiger partial charge on any atom is 0.342 e. The summed E-state index contributed by atoms with van der Waals surface area (Å²) in [6.07, 6.45) is 1.10. The first-order chi connectivity index (χ1) is 7.82. The standard InChI is InChI=1S/C11H16N2O4/c1-6(2)7(3)4-13-5-8(10(15)16)9(14)12-11(13)17/h5-7H,4H2,1-3H3,(H,15,16)(H,12,14,17). The van der Waals surface area contributed by atoms with E-state index in [-0.39, 0.29) is 5.92 Å². The fraction of sp³-hybridized carbons (Fsp3) is 0.545. The Hall–Kier alpha value is -1.85. The number of aromatic carboxylic acids is 1. The van der Waals surface area contributed by atoms with Crippen molar-refractivity contribution in [1.29, 1.82) is 0 Å². The van der Waals surface area contributed by atoms with Gasteiger partial charge in [0.05, 0.1) is 0 Å². The molecule has 1 heterocycles. The number of carboxylic acids is 1. The van der Waals surface area contributed by atoms with E-state index in [9.17, 15) is 14.4 Å². The van der Waals surface area contributed by atoms with Gasteiger partial charge >= 0.3 is 11.7 Å². The normalized spacial score (nSPS) is 12.7. The van der Waals surface area contributed by atoms with Crippen molar-refractivity contribution in [2.24, 2.45) is 11.8 Å². The van der Waals surface area contributed by atoms with Crippen LogP contribution in [-0.2, 0) is 6.54 Å². The molecule has 0 aromatic carbocycles. The SMILES string of the molecule is CC(C)C(C)Cn1cc(C(=O)O)c(=O)[nH]c1=O. The largest absolute Gasteiger partial charge is 0.477 e. The van der Waals surface area contributed by atoms with Gasteiger partial charge in [-0.3, -0.25) is 14.3 Å². The molecule has 0 saturated carbocycles. The molecule has 1 atom stereocenters. The second-order valence-corrected chi connectivity index (χ2v) is 4.48. The average Bonchev–Trinajstić information content (AvgIpc) is 2.21. The maximum absolute atomic E-state index is 11.5. The molecule has 0 amide bonds. The van der Waals surface area contributed by atoms with E-state index in [1.165, 1.54) is 4.57 Å². The van der Waals surface area contributed by atoms with E-state index >= 15 is 0 Å². The van der Waals surface area contributed by atoms with Crippen LogP contribution in [0.25, 0.3) is 0 Å². The van der Waals surface area contributed by atoms with E-state index in [2.05, 4.69) is 0 Å². The molecule has 0 fully saturated rings. The number of hydrogen-bond acceptors (Lipinski definition) is 3. The van der Waals surface area contributed by atoms with Gasteiger partial charge in [0.25, 0.3) is 5.56 Å². The Morgan fingerprint density at radius 1 is 1.41 bits per heavy atom. The molecule has 0 aliphatic rings. The second-order valence-electron chi connectivity index (χ2n) is 4.48. The van der Waals surface area contributed by atoms with Gasteiger partial charge in [-0.05, 0) is 11.8 Å². The van der Waals surface area contributed by atoms with Crippen LogP contribution in [0.15, 0.2) is 15.8 Å². The van der Waals surface area contributed by atoms with Crippen LogP contribution in [-0.4, -0.2) is 20.6 Å². The summed E-state index contributed by atoms with van der Waals surface area (Å²) < 4.78 is 1.23. The summed E-state index contributed by atoms with van der Waals surface area (Å²) in [6.45, 7) is 6.37. The Labute approximate surface area is 97.9 Å². The topological polar surface area (TPSA) is 92.2 Å². The number of rotatable bonds is 4. The lowest BCUT2D eigenvalue weighted by Crippen LogP contribution is -2.35. The summed E-state index contributed by atoms with van der Waals surface area (Å²) in [5, 5.41) is 8.79. The van der Waals surface area contributed by atoms with E-state index < -0.39 is 22.8 Å². The van der Waals surface area contributed by atoms with Crippen molar-refractivity contribution in [1.82, 2.24) is 9.55 Å². The highest BCUT2D eigenvalue weighted by Crippen LogP contribution is 2.10. The number of H-pyrrole nitrogens is 1. The van der Waals surface area contributed by atoms with E-state index in [0.29, 0.717) is 12.5 Å². The number of aromatic nitrogens is 2. The third-order valence-corrected chi connectivity index (χ3v) is 2.86. The molecule has 1 aromatic rings. The van der Waals surface area contributed by atoms with Crippen LogP contribution in [0.1, 0.15) is 31.1 Å². The van der Waals surface area contributed by atoms with Crippen LogP contribution >= 0.6 is 0 Å². The Morgan fingerprint density at radius 3 is 2.47 bits per heavy atom. The lowest BCUT2D eigenvalue weighted by Gasteiger charge is -2.16. The first-order valence-electron chi connectivity index (χ1n) is 5.40. The molecule has 0 spiro atoms. The van der Waals surface area contributed by atoms with Gasteiger partial charge in [-0.1, -0.05) is 20.8 Å². The fourth-order valence-corrected chi connectivity index (χ4v) is 1.32. The minimum atomic E-state index is -1.34. The molecule has 0 radical (unpaired) electrons. The van der Waals surface area contributed by atoms with Crippen LogP contribution in [0.3, 0.4) is 0 Å². The number of hydrogen-bond donors (Lipinski definition) is 2. The van der Waals surface area contributed by atoms with Gasteiger partial charge in [0.15, 0.2) is 0 Å². The molecule has 0 bridgehead atoms. The van der Waals surface area contributed by atoms with Crippen molar-refractivity contribution in [3.63, 3.8) is 0 Å². The fourth-order valence-electron chi connectivity index (χ4n) is 1.32. The lowest BCUT2D eigenvalue weighted by molar-refractivity contribution is 0.0693. The highest BCUT2D eigenvalue weighted by molar-refractivity contribution is 5.86. The third-order valence-electron chi connectivity index (χ3n) is 2.86. The van der Waals surface area contributed by atoms with Crippen molar-refractivity contribution < 1.29 is 9.90 Å². The Kier molecular flexibility index (Phi) is 3.88. The Bertz CT molecular complexity index is 527. The number of aromatic amines is 1. The van der Waals surface area contributed by atoms with Crippen molar-refractivity contribution >= 4 is 5.97 Å². The summed E-state index contributed by atoms with van der Waals surface area (Å²) in [5.74, 6) is -0.764. The Morgan fingerprint density at radius 2 is 2.00 bits per heavy atom. The first-order valence-corrected chi connectivity index (χ1v) is 5.40. The number of nitrogens with zero attached hydrogens (tertiary/aromatic N) is 1. The molecule has 1 rings (SSSR count). The smallest absolute Gasteiger partial charge is 0.342 e. The minimum absolute atomic E-state index is 0.209. The van der Waals surface area contributed by atoms with Crippen LogP contribution < -0.4 is 11.2 Å². The highest BCUT2D eigenvalue weighted by Gasteiger charge is 2.14. The minimum Gasteiger partial charge on any atom is -0.477 e. The maximum atomic E-state index is 11.5. The molecule has 1 unspecified atom stereocenters. The molecule has 94 valence electrons. The number of carbonyl (C=O) groups is 1. The lowest BCUT2D eigenvalue weighted by atomic mass is 9.98. The summed E-state index contributed by atoms with van der Waals surface area (Å²) in [6, 6.07) is 0. The molecule has 0 aliphatic carbocycles. The van der Waals surface area contributed by atoms with Gasteiger partial charge in [-0.2, -0.15) is 0 Å². The number of carboxylic acid groups (broad SMARTS) is 1. The molecule has 1 aromatic heterocycles. The third kappa shape index (κ3) is 3.05. The monoisotopic (exact) mass is 240 g/mol. The van der Waals surface area contributed by atoms with Crippen LogP contribution in [0.4, 0.5) is 0 Å². The van der Waals surface area contributed by atoms with Crippen molar-refractivity contribution in [2.45, 2.75) is 27.3 Å². The van der Waals surface area contributed by atoms with Gasteiger partial charge in [-0.25, -0.2) is 9.59 Å². The zero-order valence-electron chi connectivity index (χ0n) is 10.1. The van der Waals surface area contributed by atoms with Crippen LogP contribution in [0.2, 0.25) is 0 Å². The number of nitrogens with one attached hydrogen (secondary N) is 1. The van der Waals surface area contributed by atoms with Crippen molar-refractivity contribution in [3.8, 4) is 0 Å². The average molecular weight is 240 g/mol. The highest BCUT2D eigenvalue weighted by atomic mass is 16.4. The van der Waals surface area contributed by atoms with Crippen LogP contribution in [0.5, 0.6) is 0 Å². The van der Waals surface area contributed by atoms with Gasteiger partial charge in [-0.15, -0.1) is 0 Å². The first kappa shape index (κ1) is 13.2. The van der Waals surface area contributed by atoms with E-state index in [1.807, 2.05) is 25.8 Å². The zero-order chi connectivity index (χ0) is 13.2. The van der Waals surface area contributed by atoms with Gasteiger partial charge in [0.1, 0.15) is 5.56 Å². The van der Waals surface area contributed by atoms with Gasteiger partial charge in [0, 0.05) is 12.7 Å². The van der Waals surface area contributed by atoms with Crippen molar-refractivity contribution in [2.75, 3.05) is 0 Å². The molecule has 2 N–H and O–H groups in total. The molecule has 6 nitrogen and oxygen atoms in total. The molecular weight excluding hydrogens is 224 g/mol. The predicted molar refractivity (Wildman–Crippen MR) is 62.3 cm³/mol. The Balaban J connectivity index is 3.17. The van der Waals surface area contributed by atoms with E-state index in [0.717, 1.165) is 6.20 Å². The van der Waals surface area contributed by atoms with Gasteiger partial charge in [0.2, 0.25) is 0 Å². The van der Waals surface area contributed by atoms with Crippen molar-refractivity contribution in [3.05, 3.63) is 32.6 Å². The molecule has 0 saturated heterocycles. The van der Waals surface area contributed by atoms with E-state index in [1.54, 1.807) is 0 Å². The summed E-state index contributed by atoms with van der Waals surface area (Å²) in [4.78, 5) is 35.5.